The third kappa shape index (κ3) is 3.12. The molecule has 5 nitrogen and oxygen atoms in total. The van der Waals surface area contributed by atoms with Crippen molar-refractivity contribution in [3.63, 3.8) is 0 Å². The molecule has 2 aliphatic rings. The zero-order valence-electron chi connectivity index (χ0n) is 14.4. The van der Waals surface area contributed by atoms with E-state index in [2.05, 4.69) is 4.98 Å². The Hall–Kier alpha value is -1.92. The Kier molecular flexibility index (Phi) is 4.71. The van der Waals surface area contributed by atoms with Crippen LogP contribution in [0.5, 0.6) is 0 Å². The fourth-order valence-corrected chi connectivity index (χ4v) is 5.13. The minimum absolute atomic E-state index is 0.0564. The number of halogens is 1. The van der Waals surface area contributed by atoms with Crippen LogP contribution in [0.1, 0.15) is 34.5 Å². The number of thiophene rings is 1. The van der Waals surface area contributed by atoms with Gasteiger partial charge in [-0.15, -0.1) is 11.3 Å². The molecule has 0 bridgehead atoms. The van der Waals surface area contributed by atoms with Crippen molar-refractivity contribution in [1.29, 1.82) is 0 Å². The maximum Gasteiger partial charge on any atom is 0.265 e. The second-order valence-corrected chi connectivity index (χ2v) is 8.37. The highest BCUT2D eigenvalue weighted by molar-refractivity contribution is 7.12. The lowest BCUT2D eigenvalue weighted by Gasteiger charge is -2.39. The molecule has 2 aromatic rings. The molecule has 0 N–H and O–H groups in total. The van der Waals surface area contributed by atoms with Crippen molar-refractivity contribution in [2.75, 3.05) is 19.6 Å². The van der Waals surface area contributed by atoms with Crippen molar-refractivity contribution < 1.29 is 9.59 Å². The summed E-state index contributed by atoms with van der Waals surface area (Å²) in [6.07, 6.45) is 6.08. The first kappa shape index (κ1) is 17.5. The molecular weight excluding hydrogens is 370 g/mol. The molecule has 4 heterocycles. The van der Waals surface area contributed by atoms with Crippen LogP contribution in [0.15, 0.2) is 36.0 Å². The number of piperidine rings is 1. The molecule has 1 unspecified atom stereocenters. The van der Waals surface area contributed by atoms with E-state index in [1.807, 2.05) is 22.4 Å². The molecule has 1 atom stereocenters. The normalized spacial score (nSPS) is 23.0. The van der Waals surface area contributed by atoms with Crippen LogP contribution in [0.3, 0.4) is 0 Å². The maximum atomic E-state index is 13.2. The third-order valence-corrected chi connectivity index (χ3v) is 6.70. The number of amides is 2. The Balaban J connectivity index is 1.49. The third-order valence-electron chi connectivity index (χ3n) is 5.37. The van der Waals surface area contributed by atoms with Gasteiger partial charge in [0.2, 0.25) is 5.91 Å². The van der Waals surface area contributed by atoms with Crippen LogP contribution in [0.25, 0.3) is 0 Å². The van der Waals surface area contributed by atoms with Gasteiger partial charge in [0.05, 0.1) is 10.4 Å². The molecule has 2 aromatic heterocycles. The molecule has 7 heteroatoms. The number of rotatable bonds is 3. The average molecular weight is 390 g/mol. The van der Waals surface area contributed by atoms with E-state index in [4.69, 9.17) is 11.6 Å². The number of aromatic nitrogens is 1. The molecule has 1 spiro atoms. The van der Waals surface area contributed by atoms with Gasteiger partial charge in [-0.05, 0) is 42.3 Å². The molecule has 0 radical (unpaired) electrons. The first-order chi connectivity index (χ1) is 12.6. The van der Waals surface area contributed by atoms with E-state index in [9.17, 15) is 9.59 Å². The van der Waals surface area contributed by atoms with Crippen LogP contribution in [0, 0.1) is 5.41 Å². The first-order valence-corrected chi connectivity index (χ1v) is 10.1. The van der Waals surface area contributed by atoms with Gasteiger partial charge in [-0.25, -0.2) is 0 Å². The molecule has 2 aliphatic heterocycles. The Bertz CT molecular complexity index is 825. The lowest BCUT2D eigenvalue weighted by Crippen LogP contribution is -2.50. The maximum absolute atomic E-state index is 13.2. The van der Waals surface area contributed by atoms with Crippen LogP contribution in [-0.2, 0) is 11.3 Å². The van der Waals surface area contributed by atoms with Crippen LogP contribution >= 0.6 is 22.9 Å². The largest absolute Gasteiger partial charge is 0.338 e. The highest BCUT2D eigenvalue weighted by atomic mass is 35.5. The fourth-order valence-electron chi connectivity index (χ4n) is 4.03. The topological polar surface area (TPSA) is 53.5 Å². The number of nitrogens with zero attached hydrogens (tertiary/aromatic N) is 3. The number of carbonyl (C=O) groups excluding carboxylic acids is 2. The average Bonchev–Trinajstić information content (AvgIpc) is 3.27. The summed E-state index contributed by atoms with van der Waals surface area (Å²) in [6, 6.07) is 5.62. The van der Waals surface area contributed by atoms with E-state index in [1.54, 1.807) is 23.4 Å². The lowest BCUT2D eigenvalue weighted by molar-refractivity contribution is -0.146. The summed E-state index contributed by atoms with van der Waals surface area (Å²) in [4.78, 5) is 34.4. The molecule has 0 saturated carbocycles. The van der Waals surface area contributed by atoms with Gasteiger partial charge < -0.3 is 9.80 Å². The van der Waals surface area contributed by atoms with E-state index in [0.717, 1.165) is 31.4 Å². The second kappa shape index (κ2) is 7.00. The SMILES string of the molecule is O=C(c1sccc1Cl)N1CCC2(CCCN(Cc3cccnc3)C2=O)C1. The predicted octanol–water partition coefficient (Wildman–Crippen LogP) is 3.45. The van der Waals surface area contributed by atoms with Crippen molar-refractivity contribution in [1.82, 2.24) is 14.8 Å². The molecule has 0 aliphatic carbocycles. The molecule has 2 saturated heterocycles. The van der Waals surface area contributed by atoms with Crippen LogP contribution in [-0.4, -0.2) is 46.2 Å². The first-order valence-electron chi connectivity index (χ1n) is 8.80. The predicted molar refractivity (Wildman–Crippen MR) is 101 cm³/mol. The standard InChI is InChI=1S/C19H20ClN3O2S/c20-15-4-10-26-16(15)17(24)23-9-6-19(13-23)5-2-8-22(18(19)25)12-14-3-1-7-21-11-14/h1,3-4,7,10-11H,2,5-6,8-9,12-13H2. The Morgan fingerprint density at radius 3 is 2.92 bits per heavy atom. The zero-order chi connectivity index (χ0) is 18.1. The van der Waals surface area contributed by atoms with Crippen LogP contribution < -0.4 is 0 Å². The lowest BCUT2D eigenvalue weighted by atomic mass is 9.78. The Morgan fingerprint density at radius 1 is 1.31 bits per heavy atom. The van der Waals surface area contributed by atoms with Gasteiger partial charge in [0.15, 0.2) is 0 Å². The van der Waals surface area contributed by atoms with Crippen molar-refractivity contribution in [3.8, 4) is 0 Å². The van der Waals surface area contributed by atoms with Crippen molar-refractivity contribution in [2.24, 2.45) is 5.41 Å². The van der Waals surface area contributed by atoms with Gasteiger partial charge in [0, 0.05) is 38.6 Å². The Morgan fingerprint density at radius 2 is 2.19 bits per heavy atom. The monoisotopic (exact) mass is 389 g/mol. The van der Waals surface area contributed by atoms with Crippen molar-refractivity contribution in [3.05, 3.63) is 51.4 Å². The summed E-state index contributed by atoms with van der Waals surface area (Å²) in [7, 11) is 0. The number of pyridine rings is 1. The minimum Gasteiger partial charge on any atom is -0.338 e. The van der Waals surface area contributed by atoms with E-state index in [-0.39, 0.29) is 11.8 Å². The Labute approximate surface area is 161 Å². The van der Waals surface area contributed by atoms with Crippen LogP contribution in [0.4, 0.5) is 0 Å². The molecule has 2 amide bonds. The molecular formula is C19H20ClN3O2S. The van der Waals surface area contributed by atoms with E-state index >= 15 is 0 Å². The summed E-state index contributed by atoms with van der Waals surface area (Å²) in [5.74, 6) is 0.110. The van der Waals surface area contributed by atoms with Gasteiger partial charge in [-0.3, -0.25) is 14.6 Å². The fraction of sp³-hybridized carbons (Fsp3) is 0.421. The summed E-state index contributed by atoms with van der Waals surface area (Å²) in [5.41, 5.74) is 0.592. The van der Waals surface area contributed by atoms with Gasteiger partial charge in [0.25, 0.3) is 5.91 Å². The number of hydrogen-bond acceptors (Lipinski definition) is 4. The van der Waals surface area contributed by atoms with Gasteiger partial charge in [-0.2, -0.15) is 0 Å². The van der Waals surface area contributed by atoms with Gasteiger partial charge >= 0.3 is 0 Å². The van der Waals surface area contributed by atoms with E-state index in [1.165, 1.54) is 11.3 Å². The summed E-state index contributed by atoms with van der Waals surface area (Å²) in [5, 5.41) is 2.32. The highest BCUT2D eigenvalue weighted by Gasteiger charge is 2.49. The quantitative estimate of drug-likeness (QED) is 0.807. The molecule has 2 fully saturated rings. The molecule has 4 rings (SSSR count). The number of carbonyl (C=O) groups is 2. The number of likely N-dealkylation sites (tertiary alicyclic amines) is 2. The molecule has 26 heavy (non-hydrogen) atoms. The smallest absolute Gasteiger partial charge is 0.265 e. The van der Waals surface area contributed by atoms with Gasteiger partial charge in [-0.1, -0.05) is 17.7 Å². The highest BCUT2D eigenvalue weighted by Crippen LogP contribution is 2.41. The van der Waals surface area contributed by atoms with Crippen molar-refractivity contribution in [2.45, 2.75) is 25.8 Å². The summed E-state index contributed by atoms with van der Waals surface area (Å²) in [6.45, 7) is 2.45. The van der Waals surface area contributed by atoms with Crippen molar-refractivity contribution >= 4 is 34.8 Å². The summed E-state index contributed by atoms with van der Waals surface area (Å²) >= 11 is 7.47. The van der Waals surface area contributed by atoms with E-state index < -0.39 is 5.41 Å². The van der Waals surface area contributed by atoms with Gasteiger partial charge in [0.1, 0.15) is 4.88 Å². The van der Waals surface area contributed by atoms with E-state index in [0.29, 0.717) is 29.5 Å². The molecule has 0 aromatic carbocycles. The number of hydrogen-bond donors (Lipinski definition) is 0. The zero-order valence-corrected chi connectivity index (χ0v) is 15.9. The minimum atomic E-state index is -0.445. The summed E-state index contributed by atoms with van der Waals surface area (Å²) < 4.78 is 0. The second-order valence-electron chi connectivity index (χ2n) is 7.05. The molecule has 136 valence electrons. The van der Waals surface area contributed by atoms with Crippen LogP contribution in [0.2, 0.25) is 5.02 Å².